The Balaban J connectivity index is 2.92. The molecule has 1 rings (SSSR count). The molecule has 0 aromatic heterocycles. The van der Waals surface area contributed by atoms with Gasteiger partial charge in [0.05, 0.1) is 17.7 Å². The summed E-state index contributed by atoms with van der Waals surface area (Å²) in [5, 5.41) is 10.1. The number of hydrogen-bond donors (Lipinski definition) is 2. The van der Waals surface area contributed by atoms with E-state index in [1.807, 2.05) is 32.0 Å². The Morgan fingerprint density at radius 2 is 2.00 bits per heavy atom. The molecule has 2 unspecified atom stereocenters. The molecule has 90 valence electrons. The third-order valence-corrected chi connectivity index (χ3v) is 3.27. The number of hydrogen-bond acceptors (Lipinski definition) is 3. The van der Waals surface area contributed by atoms with Crippen molar-refractivity contribution in [2.75, 3.05) is 7.11 Å². The van der Waals surface area contributed by atoms with Crippen molar-refractivity contribution in [2.45, 2.75) is 26.0 Å². The Morgan fingerprint density at radius 1 is 1.38 bits per heavy atom. The molecule has 3 nitrogen and oxygen atoms in total. The highest BCUT2D eigenvalue weighted by Crippen LogP contribution is 2.29. The maximum atomic E-state index is 10.1. The average Bonchev–Trinajstić information content (AvgIpc) is 2.26. The first-order valence-electron chi connectivity index (χ1n) is 5.24. The molecule has 4 heteroatoms. The van der Waals surface area contributed by atoms with E-state index in [0.717, 1.165) is 15.8 Å². The van der Waals surface area contributed by atoms with Gasteiger partial charge in [0.15, 0.2) is 0 Å². The summed E-state index contributed by atoms with van der Waals surface area (Å²) in [6.07, 6.45) is -0.651. The molecule has 0 aliphatic carbocycles. The van der Waals surface area contributed by atoms with Crippen LogP contribution in [0.2, 0.25) is 0 Å². The monoisotopic (exact) mass is 287 g/mol. The Morgan fingerprint density at radius 3 is 2.44 bits per heavy atom. The van der Waals surface area contributed by atoms with E-state index in [1.54, 1.807) is 7.11 Å². The second-order valence-electron chi connectivity index (χ2n) is 4.16. The normalized spacial score (nSPS) is 14.9. The van der Waals surface area contributed by atoms with Crippen LogP contribution in [0.25, 0.3) is 0 Å². The zero-order valence-electron chi connectivity index (χ0n) is 9.77. The molecule has 0 radical (unpaired) electrons. The van der Waals surface area contributed by atoms with E-state index >= 15 is 0 Å². The number of ether oxygens (including phenoxy) is 1. The summed E-state index contributed by atoms with van der Waals surface area (Å²) in [4.78, 5) is 0. The van der Waals surface area contributed by atoms with Crippen molar-refractivity contribution in [3.05, 3.63) is 28.2 Å². The molecule has 0 heterocycles. The zero-order valence-corrected chi connectivity index (χ0v) is 11.4. The van der Waals surface area contributed by atoms with Crippen molar-refractivity contribution in [1.82, 2.24) is 0 Å². The van der Waals surface area contributed by atoms with Crippen molar-refractivity contribution in [1.29, 1.82) is 0 Å². The Kier molecular flexibility index (Phi) is 4.77. The van der Waals surface area contributed by atoms with Gasteiger partial charge >= 0.3 is 0 Å². The van der Waals surface area contributed by atoms with Crippen LogP contribution < -0.4 is 10.5 Å². The van der Waals surface area contributed by atoms with Crippen LogP contribution in [0.15, 0.2) is 22.7 Å². The molecule has 0 bridgehead atoms. The van der Waals surface area contributed by atoms with Crippen LogP contribution in [0.4, 0.5) is 0 Å². The van der Waals surface area contributed by atoms with Crippen molar-refractivity contribution in [2.24, 2.45) is 11.7 Å². The molecular weight excluding hydrogens is 270 g/mol. The molecule has 1 aromatic rings. The van der Waals surface area contributed by atoms with E-state index in [4.69, 9.17) is 10.5 Å². The molecule has 0 aliphatic rings. The molecule has 0 fully saturated rings. The second-order valence-corrected chi connectivity index (χ2v) is 5.01. The van der Waals surface area contributed by atoms with E-state index in [-0.39, 0.29) is 12.0 Å². The number of nitrogens with two attached hydrogens (primary N) is 1. The maximum Gasteiger partial charge on any atom is 0.133 e. The van der Waals surface area contributed by atoms with Gasteiger partial charge in [0.1, 0.15) is 5.75 Å². The largest absolute Gasteiger partial charge is 0.496 e. The molecule has 0 amide bonds. The minimum Gasteiger partial charge on any atom is -0.496 e. The fraction of sp³-hybridized carbons (Fsp3) is 0.500. The van der Waals surface area contributed by atoms with Gasteiger partial charge < -0.3 is 15.6 Å². The third kappa shape index (κ3) is 2.97. The van der Waals surface area contributed by atoms with Gasteiger partial charge in [0.25, 0.3) is 0 Å². The predicted octanol–water partition coefficient (Wildman–Crippen LogP) is 2.47. The molecule has 16 heavy (non-hydrogen) atoms. The average molecular weight is 288 g/mol. The van der Waals surface area contributed by atoms with Crippen LogP contribution in [0.3, 0.4) is 0 Å². The summed E-state index contributed by atoms with van der Waals surface area (Å²) in [7, 11) is 1.61. The summed E-state index contributed by atoms with van der Waals surface area (Å²) in [5.74, 6) is 0.977. The number of halogens is 1. The Labute approximate surface area is 105 Å². The topological polar surface area (TPSA) is 55.5 Å². The highest BCUT2D eigenvalue weighted by molar-refractivity contribution is 9.10. The lowest BCUT2D eigenvalue weighted by atomic mass is 9.94. The van der Waals surface area contributed by atoms with Crippen LogP contribution in [0.1, 0.15) is 25.5 Å². The van der Waals surface area contributed by atoms with Gasteiger partial charge in [-0.05, 0) is 39.5 Å². The van der Waals surface area contributed by atoms with Crippen molar-refractivity contribution in [3.8, 4) is 5.75 Å². The second kappa shape index (κ2) is 5.66. The Hall–Kier alpha value is -0.580. The molecular formula is C12H18BrNO2. The number of aliphatic hydroxyl groups excluding tert-OH is 1. The summed E-state index contributed by atoms with van der Waals surface area (Å²) in [6, 6.07) is 5.22. The number of rotatable bonds is 4. The van der Waals surface area contributed by atoms with E-state index in [0.29, 0.717) is 0 Å². The van der Waals surface area contributed by atoms with E-state index in [2.05, 4.69) is 15.9 Å². The van der Waals surface area contributed by atoms with Crippen LogP contribution in [-0.4, -0.2) is 18.3 Å². The van der Waals surface area contributed by atoms with Gasteiger partial charge in [-0.2, -0.15) is 0 Å². The van der Waals surface area contributed by atoms with E-state index < -0.39 is 6.10 Å². The van der Waals surface area contributed by atoms with Gasteiger partial charge in [-0.15, -0.1) is 0 Å². The molecule has 0 spiro atoms. The lowest BCUT2D eigenvalue weighted by Gasteiger charge is -2.22. The summed E-state index contributed by atoms with van der Waals surface area (Å²) >= 11 is 3.38. The molecule has 2 atom stereocenters. The highest BCUT2D eigenvalue weighted by atomic mass is 79.9. The first-order valence-corrected chi connectivity index (χ1v) is 6.03. The molecule has 0 saturated heterocycles. The summed E-state index contributed by atoms with van der Waals surface area (Å²) in [6.45, 7) is 3.99. The van der Waals surface area contributed by atoms with Gasteiger partial charge in [0, 0.05) is 6.04 Å². The first kappa shape index (κ1) is 13.5. The minimum absolute atomic E-state index is 0.232. The highest BCUT2D eigenvalue weighted by Gasteiger charge is 2.20. The standard InChI is InChI=1S/C12H18BrNO2/c1-7(2)11(14)12(15)8-4-5-10(16-3)9(13)6-8/h4-7,11-12,15H,14H2,1-3H3. The Bertz CT molecular complexity index is 355. The quantitative estimate of drug-likeness (QED) is 0.895. The third-order valence-electron chi connectivity index (χ3n) is 2.65. The number of aliphatic hydroxyl groups is 1. The lowest BCUT2D eigenvalue weighted by molar-refractivity contribution is 0.125. The van der Waals surface area contributed by atoms with E-state index in [1.165, 1.54) is 0 Å². The van der Waals surface area contributed by atoms with Crippen molar-refractivity contribution in [3.63, 3.8) is 0 Å². The smallest absolute Gasteiger partial charge is 0.133 e. The van der Waals surface area contributed by atoms with Crippen molar-refractivity contribution >= 4 is 15.9 Å². The van der Waals surface area contributed by atoms with Gasteiger partial charge in [0.2, 0.25) is 0 Å². The van der Waals surface area contributed by atoms with Gasteiger partial charge in [-0.1, -0.05) is 19.9 Å². The maximum absolute atomic E-state index is 10.1. The first-order chi connectivity index (χ1) is 7.47. The van der Waals surface area contributed by atoms with E-state index in [9.17, 15) is 5.11 Å². The molecule has 1 aromatic carbocycles. The zero-order chi connectivity index (χ0) is 12.3. The van der Waals surface area contributed by atoms with Gasteiger partial charge in [-0.3, -0.25) is 0 Å². The number of methoxy groups -OCH3 is 1. The fourth-order valence-corrected chi connectivity index (χ4v) is 2.01. The van der Waals surface area contributed by atoms with Crippen molar-refractivity contribution < 1.29 is 9.84 Å². The van der Waals surface area contributed by atoms with Crippen LogP contribution in [0, 0.1) is 5.92 Å². The fourth-order valence-electron chi connectivity index (χ4n) is 1.45. The summed E-state index contributed by atoms with van der Waals surface area (Å²) < 4.78 is 5.95. The molecule has 3 N–H and O–H groups in total. The molecule has 0 saturated carbocycles. The van der Waals surface area contributed by atoms with Crippen LogP contribution >= 0.6 is 15.9 Å². The lowest BCUT2D eigenvalue weighted by Crippen LogP contribution is -2.33. The molecule has 0 aliphatic heterocycles. The summed E-state index contributed by atoms with van der Waals surface area (Å²) in [5.41, 5.74) is 6.72. The van der Waals surface area contributed by atoms with Gasteiger partial charge in [-0.25, -0.2) is 0 Å². The number of benzene rings is 1. The predicted molar refractivity (Wildman–Crippen MR) is 68.5 cm³/mol. The minimum atomic E-state index is -0.651. The SMILES string of the molecule is COc1ccc(C(O)C(N)C(C)C)cc1Br. The van der Waals surface area contributed by atoms with Crippen LogP contribution in [0.5, 0.6) is 5.75 Å². The van der Waals surface area contributed by atoms with Crippen LogP contribution in [-0.2, 0) is 0 Å².